The molecule has 1 aliphatic rings. The van der Waals surface area contributed by atoms with Gasteiger partial charge >= 0.3 is 5.97 Å². The van der Waals surface area contributed by atoms with Gasteiger partial charge in [0.1, 0.15) is 0 Å². The zero-order valence-corrected chi connectivity index (χ0v) is 14.9. The number of carboxylic acid groups (broad SMARTS) is 1. The lowest BCUT2D eigenvalue weighted by molar-refractivity contribution is 0.0695. The Labute approximate surface area is 151 Å². The number of rotatable bonds is 4. The molecule has 0 fully saturated rings. The standard InChI is InChI=1S/C20H20N2O2S/c1-25-21-11-10-19-17(13-21)16-8-4-5-9-18(16)22(19)12-14-6-2-3-7-15(14)20(23)24/h2-9H,10-13H2,1H3,(H,23,24). The van der Waals surface area contributed by atoms with E-state index < -0.39 is 5.97 Å². The zero-order chi connectivity index (χ0) is 17.4. The second kappa shape index (κ2) is 6.58. The fraction of sp³-hybridized carbons (Fsp3) is 0.250. The summed E-state index contributed by atoms with van der Waals surface area (Å²) in [6.45, 7) is 2.55. The van der Waals surface area contributed by atoms with Crippen molar-refractivity contribution in [2.75, 3.05) is 12.8 Å². The smallest absolute Gasteiger partial charge is 0.336 e. The van der Waals surface area contributed by atoms with Gasteiger partial charge in [-0.2, -0.15) is 0 Å². The van der Waals surface area contributed by atoms with Crippen LogP contribution in [0.15, 0.2) is 48.5 Å². The van der Waals surface area contributed by atoms with Gasteiger partial charge in [0.05, 0.1) is 5.56 Å². The summed E-state index contributed by atoms with van der Waals surface area (Å²) in [4.78, 5) is 11.6. The average molecular weight is 352 g/mol. The van der Waals surface area contributed by atoms with Crippen molar-refractivity contribution < 1.29 is 9.90 Å². The first kappa shape index (κ1) is 16.2. The summed E-state index contributed by atoms with van der Waals surface area (Å²) < 4.78 is 4.69. The van der Waals surface area contributed by atoms with Crippen LogP contribution >= 0.6 is 11.9 Å². The molecule has 1 aromatic heterocycles. The number of nitrogens with zero attached hydrogens (tertiary/aromatic N) is 2. The highest BCUT2D eigenvalue weighted by Gasteiger charge is 2.24. The van der Waals surface area contributed by atoms with Gasteiger partial charge in [0.15, 0.2) is 0 Å². The molecule has 0 saturated carbocycles. The van der Waals surface area contributed by atoms with Crippen LogP contribution in [0.2, 0.25) is 0 Å². The minimum Gasteiger partial charge on any atom is -0.478 e. The molecule has 2 heterocycles. The molecule has 0 spiro atoms. The van der Waals surface area contributed by atoms with E-state index in [0.29, 0.717) is 12.1 Å². The quantitative estimate of drug-likeness (QED) is 0.720. The molecule has 0 aliphatic carbocycles. The van der Waals surface area contributed by atoms with Crippen molar-refractivity contribution in [1.82, 2.24) is 8.87 Å². The second-order valence-corrected chi connectivity index (χ2v) is 7.17. The number of carbonyl (C=O) groups is 1. The van der Waals surface area contributed by atoms with Crippen molar-refractivity contribution in [1.29, 1.82) is 0 Å². The van der Waals surface area contributed by atoms with Gasteiger partial charge in [-0.25, -0.2) is 9.10 Å². The summed E-state index contributed by atoms with van der Waals surface area (Å²) in [6, 6.07) is 15.8. The Balaban J connectivity index is 1.85. The van der Waals surface area contributed by atoms with E-state index in [9.17, 15) is 9.90 Å². The van der Waals surface area contributed by atoms with Crippen LogP contribution in [-0.4, -0.2) is 32.7 Å². The first-order chi connectivity index (χ1) is 12.2. The van der Waals surface area contributed by atoms with Crippen LogP contribution in [0.25, 0.3) is 10.9 Å². The number of para-hydroxylation sites is 1. The average Bonchev–Trinajstić information content (AvgIpc) is 2.95. The first-order valence-corrected chi connectivity index (χ1v) is 9.56. The summed E-state index contributed by atoms with van der Waals surface area (Å²) in [5, 5.41) is 10.8. The van der Waals surface area contributed by atoms with E-state index in [4.69, 9.17) is 0 Å². The molecule has 0 amide bonds. The fourth-order valence-corrected chi connectivity index (χ4v) is 4.28. The van der Waals surface area contributed by atoms with E-state index in [0.717, 1.165) is 25.1 Å². The number of fused-ring (bicyclic) bond motifs is 3. The number of hydrogen-bond donors (Lipinski definition) is 1. The SMILES string of the molecule is CSN1CCc2c(c3ccccc3n2Cc2ccccc2C(=O)O)C1. The third kappa shape index (κ3) is 2.83. The molecule has 0 saturated heterocycles. The molecule has 3 aromatic rings. The Morgan fingerprint density at radius 3 is 2.72 bits per heavy atom. The van der Waals surface area contributed by atoms with Gasteiger partial charge in [0.2, 0.25) is 0 Å². The van der Waals surface area contributed by atoms with Crippen LogP contribution in [0.3, 0.4) is 0 Å². The number of aromatic carboxylic acids is 1. The largest absolute Gasteiger partial charge is 0.478 e. The Kier molecular flexibility index (Phi) is 4.27. The minimum atomic E-state index is -0.866. The summed E-state index contributed by atoms with van der Waals surface area (Å²) in [6.07, 6.45) is 3.10. The lowest BCUT2D eigenvalue weighted by atomic mass is 10.1. The summed E-state index contributed by atoms with van der Waals surface area (Å²) in [5.74, 6) is -0.866. The first-order valence-electron chi connectivity index (χ1n) is 8.38. The van der Waals surface area contributed by atoms with E-state index in [1.807, 2.05) is 12.1 Å². The molecule has 128 valence electrons. The fourth-order valence-electron chi connectivity index (χ4n) is 3.75. The van der Waals surface area contributed by atoms with Crippen LogP contribution < -0.4 is 0 Å². The second-order valence-electron chi connectivity index (χ2n) is 6.29. The molecule has 5 heteroatoms. The van der Waals surface area contributed by atoms with Gasteiger partial charge in [-0.15, -0.1) is 0 Å². The molecule has 1 aliphatic heterocycles. The van der Waals surface area contributed by atoms with E-state index in [1.165, 1.54) is 22.2 Å². The third-order valence-corrected chi connectivity index (χ3v) is 5.79. The van der Waals surface area contributed by atoms with Crippen molar-refractivity contribution in [3.05, 3.63) is 70.9 Å². The maximum absolute atomic E-state index is 11.6. The van der Waals surface area contributed by atoms with Gasteiger partial charge in [-0.05, 0) is 29.5 Å². The maximum atomic E-state index is 11.6. The summed E-state index contributed by atoms with van der Waals surface area (Å²) >= 11 is 1.78. The van der Waals surface area contributed by atoms with Crippen LogP contribution in [0.1, 0.15) is 27.2 Å². The number of aromatic nitrogens is 1. The van der Waals surface area contributed by atoms with Gasteiger partial charge in [0.25, 0.3) is 0 Å². The predicted octanol–water partition coefficient (Wildman–Crippen LogP) is 4.02. The topological polar surface area (TPSA) is 45.5 Å². The molecule has 1 N–H and O–H groups in total. The third-order valence-electron chi connectivity index (χ3n) is 4.96. The van der Waals surface area contributed by atoms with E-state index in [1.54, 1.807) is 24.1 Å². The molecule has 0 radical (unpaired) electrons. The molecule has 25 heavy (non-hydrogen) atoms. The van der Waals surface area contributed by atoms with Crippen LogP contribution in [-0.2, 0) is 19.5 Å². The van der Waals surface area contributed by atoms with Gasteiger partial charge in [-0.1, -0.05) is 48.3 Å². The molecular formula is C20H20N2O2S. The molecule has 2 aromatic carbocycles. The summed E-state index contributed by atoms with van der Waals surface area (Å²) in [5.41, 5.74) is 5.15. The lowest BCUT2D eigenvalue weighted by Gasteiger charge is -2.26. The molecular weight excluding hydrogens is 332 g/mol. The Bertz CT molecular complexity index is 948. The van der Waals surface area contributed by atoms with Gasteiger partial charge < -0.3 is 9.67 Å². The number of benzene rings is 2. The summed E-state index contributed by atoms with van der Waals surface area (Å²) in [7, 11) is 0. The van der Waals surface area contributed by atoms with Crippen LogP contribution in [0.5, 0.6) is 0 Å². The normalized spacial score (nSPS) is 14.6. The van der Waals surface area contributed by atoms with Crippen molar-refractivity contribution >= 4 is 28.8 Å². The number of carboxylic acids is 1. The minimum absolute atomic E-state index is 0.385. The highest BCUT2D eigenvalue weighted by Crippen LogP contribution is 2.33. The molecule has 0 unspecified atom stereocenters. The van der Waals surface area contributed by atoms with Crippen molar-refractivity contribution in [3.63, 3.8) is 0 Å². The van der Waals surface area contributed by atoms with E-state index in [2.05, 4.69) is 39.4 Å². The highest BCUT2D eigenvalue weighted by molar-refractivity contribution is 7.96. The monoisotopic (exact) mass is 352 g/mol. The lowest BCUT2D eigenvalue weighted by Crippen LogP contribution is -2.25. The van der Waals surface area contributed by atoms with Crippen molar-refractivity contribution in [2.45, 2.75) is 19.5 Å². The predicted molar refractivity (Wildman–Crippen MR) is 102 cm³/mol. The van der Waals surface area contributed by atoms with E-state index in [-0.39, 0.29) is 0 Å². The van der Waals surface area contributed by atoms with Crippen LogP contribution in [0, 0.1) is 0 Å². The van der Waals surface area contributed by atoms with Gasteiger partial charge in [-0.3, -0.25) is 0 Å². The van der Waals surface area contributed by atoms with Crippen molar-refractivity contribution in [2.24, 2.45) is 0 Å². The number of hydrogen-bond acceptors (Lipinski definition) is 3. The Hall–Kier alpha value is -2.24. The molecule has 4 rings (SSSR count). The molecule has 4 nitrogen and oxygen atoms in total. The maximum Gasteiger partial charge on any atom is 0.336 e. The zero-order valence-electron chi connectivity index (χ0n) is 14.1. The van der Waals surface area contributed by atoms with Gasteiger partial charge in [0, 0.05) is 42.7 Å². The highest BCUT2D eigenvalue weighted by atomic mass is 32.2. The van der Waals surface area contributed by atoms with E-state index >= 15 is 0 Å². The van der Waals surface area contributed by atoms with Crippen LogP contribution in [0.4, 0.5) is 0 Å². The molecule has 0 atom stereocenters. The van der Waals surface area contributed by atoms with Crippen molar-refractivity contribution in [3.8, 4) is 0 Å². The Morgan fingerprint density at radius 2 is 1.92 bits per heavy atom. The Morgan fingerprint density at radius 1 is 1.16 bits per heavy atom. The molecule has 0 bridgehead atoms.